The first kappa shape index (κ1) is 14.6. The van der Waals surface area contributed by atoms with Crippen LogP contribution in [0.3, 0.4) is 0 Å². The molecule has 0 spiro atoms. The zero-order valence-electron chi connectivity index (χ0n) is 11.9. The number of nitrogens with one attached hydrogen (secondary N) is 1. The van der Waals surface area contributed by atoms with Crippen molar-refractivity contribution in [2.45, 2.75) is 6.61 Å². The van der Waals surface area contributed by atoms with E-state index in [0.29, 0.717) is 24.7 Å². The molecule has 0 aromatic heterocycles. The van der Waals surface area contributed by atoms with Gasteiger partial charge < -0.3 is 25.4 Å². The Kier molecular flexibility index (Phi) is 5.20. The first-order valence-electron chi connectivity index (χ1n) is 6.59. The topological polar surface area (TPSA) is 78.1 Å². The number of hydrogen-bond donors (Lipinski definition) is 2. The summed E-state index contributed by atoms with van der Waals surface area (Å²) in [7, 11) is 3.22. The lowest BCUT2D eigenvalue weighted by atomic mass is 10.1. The predicted octanol–water partition coefficient (Wildman–Crippen LogP) is 0.754. The highest BCUT2D eigenvalue weighted by atomic mass is 16.6. The van der Waals surface area contributed by atoms with Gasteiger partial charge in [0.25, 0.3) is 0 Å². The molecule has 110 valence electrons. The smallest absolute Gasteiger partial charge is 0.167 e. The monoisotopic (exact) mass is 279 g/mol. The SMILES string of the molecule is COc1cccc(CON=C2CNCC2CN)c1OC. The maximum atomic E-state index is 5.68. The number of para-hydroxylation sites is 1. The zero-order chi connectivity index (χ0) is 14.4. The lowest BCUT2D eigenvalue weighted by Crippen LogP contribution is -2.22. The molecule has 1 aromatic rings. The summed E-state index contributed by atoms with van der Waals surface area (Å²) in [6.07, 6.45) is 0. The van der Waals surface area contributed by atoms with Gasteiger partial charge in [0.05, 0.1) is 19.9 Å². The van der Waals surface area contributed by atoms with Crippen molar-refractivity contribution >= 4 is 5.71 Å². The average Bonchev–Trinajstić information content (AvgIpc) is 2.94. The summed E-state index contributed by atoms with van der Waals surface area (Å²) >= 11 is 0. The fraction of sp³-hybridized carbons (Fsp3) is 0.500. The Bertz CT molecular complexity index is 477. The van der Waals surface area contributed by atoms with Gasteiger partial charge in [-0.25, -0.2) is 0 Å². The minimum atomic E-state index is 0.266. The summed E-state index contributed by atoms with van der Waals surface area (Å²) in [5.74, 6) is 1.63. The van der Waals surface area contributed by atoms with E-state index in [0.717, 1.165) is 24.4 Å². The average molecular weight is 279 g/mol. The molecule has 1 aromatic carbocycles. The summed E-state index contributed by atoms with van der Waals surface area (Å²) < 4.78 is 10.6. The van der Waals surface area contributed by atoms with E-state index in [-0.39, 0.29) is 5.92 Å². The summed E-state index contributed by atoms with van der Waals surface area (Å²) in [5.41, 5.74) is 7.54. The lowest BCUT2D eigenvalue weighted by molar-refractivity contribution is 0.126. The second-order valence-corrected chi connectivity index (χ2v) is 4.57. The van der Waals surface area contributed by atoms with E-state index in [1.54, 1.807) is 14.2 Å². The molecule has 20 heavy (non-hydrogen) atoms. The molecule has 0 saturated carbocycles. The van der Waals surface area contributed by atoms with E-state index in [4.69, 9.17) is 20.0 Å². The van der Waals surface area contributed by atoms with Crippen LogP contribution >= 0.6 is 0 Å². The van der Waals surface area contributed by atoms with Crippen molar-refractivity contribution in [2.24, 2.45) is 16.8 Å². The summed E-state index contributed by atoms with van der Waals surface area (Å²) in [6, 6.07) is 5.67. The number of methoxy groups -OCH3 is 2. The van der Waals surface area contributed by atoms with Gasteiger partial charge in [0.2, 0.25) is 0 Å². The van der Waals surface area contributed by atoms with Crippen LogP contribution in [0.4, 0.5) is 0 Å². The molecular formula is C14H21N3O3. The van der Waals surface area contributed by atoms with Gasteiger partial charge in [-0.1, -0.05) is 17.3 Å². The lowest BCUT2D eigenvalue weighted by Gasteiger charge is -2.12. The van der Waals surface area contributed by atoms with E-state index >= 15 is 0 Å². The van der Waals surface area contributed by atoms with Gasteiger partial charge in [0.15, 0.2) is 11.5 Å². The third kappa shape index (κ3) is 3.20. The molecule has 1 saturated heterocycles. The van der Waals surface area contributed by atoms with Crippen molar-refractivity contribution in [3.8, 4) is 11.5 Å². The zero-order valence-corrected chi connectivity index (χ0v) is 11.9. The first-order chi connectivity index (χ1) is 9.80. The van der Waals surface area contributed by atoms with Gasteiger partial charge in [-0.2, -0.15) is 0 Å². The van der Waals surface area contributed by atoms with Crippen LogP contribution in [0.5, 0.6) is 11.5 Å². The second kappa shape index (κ2) is 7.12. The Hall–Kier alpha value is -1.79. The number of benzene rings is 1. The summed E-state index contributed by atoms with van der Waals surface area (Å²) in [5, 5.41) is 7.41. The van der Waals surface area contributed by atoms with Gasteiger partial charge in [-0.3, -0.25) is 0 Å². The van der Waals surface area contributed by atoms with Crippen molar-refractivity contribution in [2.75, 3.05) is 33.9 Å². The van der Waals surface area contributed by atoms with Crippen LogP contribution in [0.1, 0.15) is 5.56 Å². The Morgan fingerprint density at radius 2 is 2.20 bits per heavy atom. The van der Waals surface area contributed by atoms with Gasteiger partial charge in [0, 0.05) is 31.1 Å². The molecule has 1 aliphatic rings. The second-order valence-electron chi connectivity index (χ2n) is 4.57. The molecule has 0 radical (unpaired) electrons. The largest absolute Gasteiger partial charge is 0.493 e. The Labute approximate surface area is 118 Å². The maximum Gasteiger partial charge on any atom is 0.167 e. The van der Waals surface area contributed by atoms with Crippen LogP contribution in [-0.2, 0) is 11.4 Å². The Balaban J connectivity index is 2.02. The van der Waals surface area contributed by atoms with Crippen molar-refractivity contribution in [3.05, 3.63) is 23.8 Å². The third-order valence-electron chi connectivity index (χ3n) is 3.34. The highest BCUT2D eigenvalue weighted by Crippen LogP contribution is 2.31. The van der Waals surface area contributed by atoms with Crippen LogP contribution in [0.2, 0.25) is 0 Å². The molecular weight excluding hydrogens is 258 g/mol. The molecule has 1 aliphatic heterocycles. The van der Waals surface area contributed by atoms with E-state index < -0.39 is 0 Å². The predicted molar refractivity (Wildman–Crippen MR) is 77.2 cm³/mol. The highest BCUT2D eigenvalue weighted by Gasteiger charge is 2.21. The molecule has 0 aliphatic carbocycles. The third-order valence-corrected chi connectivity index (χ3v) is 3.34. The quantitative estimate of drug-likeness (QED) is 0.752. The number of nitrogens with zero attached hydrogens (tertiary/aromatic N) is 1. The number of oxime groups is 1. The van der Waals surface area contributed by atoms with Crippen LogP contribution in [0.25, 0.3) is 0 Å². The van der Waals surface area contributed by atoms with Crippen LogP contribution < -0.4 is 20.5 Å². The minimum absolute atomic E-state index is 0.266. The van der Waals surface area contributed by atoms with Gasteiger partial charge in [0.1, 0.15) is 6.61 Å². The van der Waals surface area contributed by atoms with E-state index in [1.165, 1.54) is 0 Å². The Morgan fingerprint density at radius 3 is 2.90 bits per heavy atom. The molecule has 1 unspecified atom stereocenters. The molecule has 0 amide bonds. The van der Waals surface area contributed by atoms with Crippen molar-refractivity contribution in [1.29, 1.82) is 0 Å². The van der Waals surface area contributed by atoms with Gasteiger partial charge in [-0.05, 0) is 6.07 Å². The molecule has 6 nitrogen and oxygen atoms in total. The molecule has 1 atom stereocenters. The molecule has 3 N–H and O–H groups in total. The van der Waals surface area contributed by atoms with Crippen LogP contribution in [-0.4, -0.2) is 39.6 Å². The molecule has 6 heteroatoms. The van der Waals surface area contributed by atoms with Crippen LogP contribution in [0, 0.1) is 5.92 Å². The molecule has 1 fully saturated rings. The van der Waals surface area contributed by atoms with Gasteiger partial charge >= 0.3 is 0 Å². The normalized spacial score (nSPS) is 20.1. The van der Waals surface area contributed by atoms with Crippen LogP contribution in [0.15, 0.2) is 23.4 Å². The molecule has 2 rings (SSSR count). The first-order valence-corrected chi connectivity index (χ1v) is 6.59. The summed E-state index contributed by atoms with van der Waals surface area (Å²) in [6.45, 7) is 2.51. The number of rotatable bonds is 6. The maximum absolute atomic E-state index is 5.68. The fourth-order valence-electron chi connectivity index (χ4n) is 2.21. The Morgan fingerprint density at radius 1 is 1.35 bits per heavy atom. The number of ether oxygens (including phenoxy) is 2. The summed E-state index contributed by atoms with van der Waals surface area (Å²) in [4.78, 5) is 5.43. The molecule has 1 heterocycles. The standard InChI is InChI=1S/C14H21N3O3/c1-18-13-5-3-4-10(14(13)19-2)9-20-17-12-8-16-7-11(12)6-15/h3-5,11,16H,6-9,15H2,1-2H3. The van der Waals surface area contributed by atoms with E-state index in [9.17, 15) is 0 Å². The highest BCUT2D eigenvalue weighted by molar-refractivity contribution is 5.90. The fourth-order valence-corrected chi connectivity index (χ4v) is 2.21. The number of nitrogens with two attached hydrogens (primary N) is 1. The van der Waals surface area contributed by atoms with Crippen molar-refractivity contribution in [1.82, 2.24) is 5.32 Å². The van der Waals surface area contributed by atoms with E-state index in [2.05, 4.69) is 10.5 Å². The van der Waals surface area contributed by atoms with E-state index in [1.807, 2.05) is 18.2 Å². The van der Waals surface area contributed by atoms with Gasteiger partial charge in [-0.15, -0.1) is 0 Å². The number of hydrogen-bond acceptors (Lipinski definition) is 6. The molecule has 0 bridgehead atoms. The van der Waals surface area contributed by atoms with Crippen molar-refractivity contribution in [3.63, 3.8) is 0 Å². The minimum Gasteiger partial charge on any atom is -0.493 e. The van der Waals surface area contributed by atoms with Crippen molar-refractivity contribution < 1.29 is 14.3 Å².